The van der Waals surface area contributed by atoms with Gasteiger partial charge in [0, 0.05) is 22.1 Å². The Morgan fingerprint density at radius 3 is 2.58 bits per heavy atom. The molecule has 0 fully saturated rings. The molecule has 1 aliphatic rings. The summed E-state index contributed by atoms with van der Waals surface area (Å²) in [5, 5.41) is 20.2. The van der Waals surface area contributed by atoms with E-state index in [1.807, 2.05) is 50.2 Å². The van der Waals surface area contributed by atoms with Gasteiger partial charge < -0.3 is 14.3 Å². The van der Waals surface area contributed by atoms with Gasteiger partial charge in [0.05, 0.1) is 0 Å². The molecule has 1 aromatic heterocycles. The molecule has 4 rings (SSSR count). The molecule has 1 N–H and O–H groups in total. The van der Waals surface area contributed by atoms with E-state index in [0.29, 0.717) is 17.1 Å². The topological polar surface area (TPSA) is 66.4 Å². The second-order valence-corrected chi connectivity index (χ2v) is 5.88. The number of furan rings is 1. The fourth-order valence-corrected chi connectivity index (χ4v) is 3.21. The largest absolute Gasteiger partial charge is 0.460 e. The Hall–Kier alpha value is -3.03. The van der Waals surface area contributed by atoms with Crippen LogP contribution in [-0.2, 0) is 0 Å². The summed E-state index contributed by atoms with van der Waals surface area (Å²) in [5.41, 5.74) is 5.04. The Morgan fingerprint density at radius 2 is 1.88 bits per heavy atom. The standard InChI is InChI=1S/C20H15NO3/c1-11-14-8-16-15(13-6-4-3-5-7-13)9-18(22)24-20(16)12(2)19(14)23-17(11)10-21/h3-9,18,22H,1-2H3. The van der Waals surface area contributed by atoms with Crippen molar-refractivity contribution < 1.29 is 14.3 Å². The number of ether oxygens (including phenoxy) is 1. The number of hydrogen-bond acceptors (Lipinski definition) is 4. The summed E-state index contributed by atoms with van der Waals surface area (Å²) in [6.45, 7) is 3.76. The molecule has 118 valence electrons. The van der Waals surface area contributed by atoms with E-state index in [4.69, 9.17) is 9.15 Å². The molecule has 4 heteroatoms. The molecule has 24 heavy (non-hydrogen) atoms. The van der Waals surface area contributed by atoms with Crippen molar-refractivity contribution in [1.82, 2.24) is 0 Å². The summed E-state index contributed by atoms with van der Waals surface area (Å²) in [6.07, 6.45) is 0.680. The van der Waals surface area contributed by atoms with Gasteiger partial charge >= 0.3 is 0 Å². The number of aliphatic hydroxyl groups is 1. The van der Waals surface area contributed by atoms with E-state index in [1.54, 1.807) is 6.08 Å². The first-order valence-corrected chi connectivity index (χ1v) is 7.69. The van der Waals surface area contributed by atoms with E-state index in [-0.39, 0.29) is 0 Å². The number of nitriles is 1. The Kier molecular flexibility index (Phi) is 3.19. The molecule has 0 saturated heterocycles. The van der Waals surface area contributed by atoms with Gasteiger partial charge in [0.25, 0.3) is 0 Å². The van der Waals surface area contributed by atoms with Gasteiger partial charge in [0.15, 0.2) is 0 Å². The van der Waals surface area contributed by atoms with Crippen molar-refractivity contribution in [2.75, 3.05) is 0 Å². The Labute approximate surface area is 139 Å². The van der Waals surface area contributed by atoms with Gasteiger partial charge in [0.2, 0.25) is 12.1 Å². The quantitative estimate of drug-likeness (QED) is 0.735. The maximum Gasteiger partial charge on any atom is 0.218 e. The molecule has 0 spiro atoms. The molecule has 2 heterocycles. The average molecular weight is 317 g/mol. The molecule has 4 nitrogen and oxygen atoms in total. The lowest BCUT2D eigenvalue weighted by Gasteiger charge is -2.24. The number of aryl methyl sites for hydroxylation is 2. The van der Waals surface area contributed by atoms with Gasteiger partial charge in [-0.15, -0.1) is 0 Å². The van der Waals surface area contributed by atoms with Crippen LogP contribution < -0.4 is 4.74 Å². The van der Waals surface area contributed by atoms with Gasteiger partial charge in [-0.3, -0.25) is 0 Å². The highest BCUT2D eigenvalue weighted by Gasteiger charge is 2.26. The van der Waals surface area contributed by atoms with Gasteiger partial charge in [-0.25, -0.2) is 0 Å². The third-order valence-electron chi connectivity index (χ3n) is 4.43. The number of aliphatic hydroxyl groups excluding tert-OH is 1. The third-order valence-corrected chi connectivity index (χ3v) is 4.43. The minimum absolute atomic E-state index is 0.307. The number of fused-ring (bicyclic) bond motifs is 2. The minimum Gasteiger partial charge on any atom is -0.460 e. The van der Waals surface area contributed by atoms with E-state index in [1.165, 1.54) is 0 Å². The lowest BCUT2D eigenvalue weighted by molar-refractivity contribution is 0.0221. The minimum atomic E-state index is -1.02. The van der Waals surface area contributed by atoms with Crippen LogP contribution >= 0.6 is 0 Å². The smallest absolute Gasteiger partial charge is 0.218 e. The fraction of sp³-hybridized carbons (Fsp3) is 0.150. The Morgan fingerprint density at radius 1 is 1.12 bits per heavy atom. The first-order valence-electron chi connectivity index (χ1n) is 7.69. The van der Waals surface area contributed by atoms with Crippen molar-refractivity contribution in [3.8, 4) is 11.8 Å². The Balaban J connectivity index is 2.04. The zero-order chi connectivity index (χ0) is 16.8. The summed E-state index contributed by atoms with van der Waals surface area (Å²) in [5.74, 6) is 0.899. The third kappa shape index (κ3) is 2.03. The summed E-state index contributed by atoms with van der Waals surface area (Å²) in [6, 6.07) is 13.9. The highest BCUT2D eigenvalue weighted by atomic mass is 16.6. The van der Waals surface area contributed by atoms with Crippen LogP contribution in [0.25, 0.3) is 16.5 Å². The normalized spacial score (nSPS) is 16.2. The van der Waals surface area contributed by atoms with Crippen LogP contribution in [0.1, 0.15) is 28.0 Å². The molecule has 1 unspecified atom stereocenters. The molecule has 0 aliphatic carbocycles. The summed E-state index contributed by atoms with van der Waals surface area (Å²) >= 11 is 0. The lowest BCUT2D eigenvalue weighted by Crippen LogP contribution is -2.19. The maximum absolute atomic E-state index is 10.1. The Bertz CT molecular complexity index is 1020. The molecule has 0 radical (unpaired) electrons. The zero-order valence-electron chi connectivity index (χ0n) is 13.3. The van der Waals surface area contributed by atoms with E-state index < -0.39 is 6.29 Å². The molecular weight excluding hydrogens is 302 g/mol. The molecule has 1 atom stereocenters. The molecule has 1 aliphatic heterocycles. The first-order chi connectivity index (χ1) is 11.6. The van der Waals surface area contributed by atoms with Crippen LogP contribution in [0.4, 0.5) is 0 Å². The van der Waals surface area contributed by atoms with E-state index in [2.05, 4.69) is 6.07 Å². The number of benzene rings is 2. The van der Waals surface area contributed by atoms with Crippen molar-refractivity contribution in [1.29, 1.82) is 5.26 Å². The van der Waals surface area contributed by atoms with Gasteiger partial charge in [-0.05, 0) is 37.1 Å². The van der Waals surface area contributed by atoms with E-state index in [9.17, 15) is 10.4 Å². The van der Waals surface area contributed by atoms with Crippen molar-refractivity contribution >= 4 is 16.5 Å². The lowest BCUT2D eigenvalue weighted by atomic mass is 9.91. The van der Waals surface area contributed by atoms with Gasteiger partial charge in [-0.1, -0.05) is 30.3 Å². The summed E-state index contributed by atoms with van der Waals surface area (Å²) in [4.78, 5) is 0. The van der Waals surface area contributed by atoms with Crippen molar-refractivity contribution in [2.45, 2.75) is 20.1 Å². The van der Waals surface area contributed by atoms with Crippen molar-refractivity contribution in [3.63, 3.8) is 0 Å². The van der Waals surface area contributed by atoms with E-state index in [0.717, 1.165) is 33.2 Å². The van der Waals surface area contributed by atoms with Crippen LogP contribution in [-0.4, -0.2) is 11.4 Å². The maximum atomic E-state index is 10.1. The summed E-state index contributed by atoms with van der Waals surface area (Å²) in [7, 11) is 0. The summed E-state index contributed by atoms with van der Waals surface area (Å²) < 4.78 is 11.3. The predicted octanol–water partition coefficient (Wildman–Crippen LogP) is 4.06. The molecule has 0 saturated carbocycles. The highest BCUT2D eigenvalue weighted by molar-refractivity contribution is 5.95. The molecule has 0 amide bonds. The zero-order valence-corrected chi connectivity index (χ0v) is 13.3. The first kappa shape index (κ1) is 14.6. The van der Waals surface area contributed by atoms with Gasteiger partial charge in [-0.2, -0.15) is 5.26 Å². The average Bonchev–Trinajstić information content (AvgIpc) is 2.92. The SMILES string of the molecule is Cc1c(C#N)oc2c(C)c3c(cc12)C(c1ccccc1)=CC(O)O3. The van der Waals surface area contributed by atoms with Gasteiger partial charge in [0.1, 0.15) is 17.4 Å². The highest BCUT2D eigenvalue weighted by Crippen LogP contribution is 2.43. The van der Waals surface area contributed by atoms with Crippen molar-refractivity contribution in [3.05, 3.63) is 70.5 Å². The van der Waals surface area contributed by atoms with Crippen LogP contribution in [0, 0.1) is 25.2 Å². The molecule has 3 aromatic rings. The fourth-order valence-electron chi connectivity index (χ4n) is 3.21. The number of rotatable bonds is 1. The van der Waals surface area contributed by atoms with E-state index >= 15 is 0 Å². The van der Waals surface area contributed by atoms with Crippen molar-refractivity contribution in [2.24, 2.45) is 0 Å². The molecule has 2 aromatic carbocycles. The second kappa shape index (κ2) is 5.26. The van der Waals surface area contributed by atoms with Crippen LogP contribution in [0.15, 0.2) is 46.9 Å². The second-order valence-electron chi connectivity index (χ2n) is 5.88. The van der Waals surface area contributed by atoms with Crippen LogP contribution in [0.5, 0.6) is 5.75 Å². The van der Waals surface area contributed by atoms with Crippen LogP contribution in [0.2, 0.25) is 0 Å². The molecular formula is C20H15NO3. The monoisotopic (exact) mass is 317 g/mol. The number of hydrogen-bond donors (Lipinski definition) is 1. The van der Waals surface area contributed by atoms with Crippen LogP contribution in [0.3, 0.4) is 0 Å². The predicted molar refractivity (Wildman–Crippen MR) is 90.6 cm³/mol. The molecule has 0 bridgehead atoms. The number of nitrogens with zero attached hydrogens (tertiary/aromatic N) is 1.